The molecule has 0 amide bonds. The molecule has 1 N–H and O–H groups in total. The van der Waals surface area contributed by atoms with Crippen LogP contribution in [0.2, 0.25) is 0 Å². The van der Waals surface area contributed by atoms with Crippen molar-refractivity contribution in [2.45, 2.75) is 64.7 Å². The highest BCUT2D eigenvalue weighted by Crippen LogP contribution is 2.30. The lowest BCUT2D eigenvalue weighted by Crippen LogP contribution is -2.18. The zero-order chi connectivity index (χ0) is 19.0. The van der Waals surface area contributed by atoms with Gasteiger partial charge in [-0.05, 0) is 59.6 Å². The van der Waals surface area contributed by atoms with Crippen LogP contribution in [0, 0.1) is 13.8 Å². The second-order valence-electron chi connectivity index (χ2n) is 8.07. The molecule has 2 rings (SSSR count). The largest absolute Gasteiger partial charge is 0.280 e. The summed E-state index contributed by atoms with van der Waals surface area (Å²) in [5, 5.41) is 0. The SMILES string of the molecule is Cc1cc(C(C)(C)C)cc(C)c1S(=O)(=O)Nc1ccc(C(C)C)cc1. The van der Waals surface area contributed by atoms with E-state index in [4.69, 9.17) is 0 Å². The normalized spacial score (nSPS) is 12.5. The summed E-state index contributed by atoms with van der Waals surface area (Å²) >= 11 is 0. The zero-order valence-corrected chi connectivity index (χ0v) is 17.1. The van der Waals surface area contributed by atoms with Crippen molar-refractivity contribution < 1.29 is 8.42 Å². The molecule has 0 atom stereocenters. The van der Waals surface area contributed by atoms with Crippen molar-refractivity contribution in [3.63, 3.8) is 0 Å². The standard InChI is InChI=1S/C21H29NO2S/c1-14(2)17-8-10-19(11-9-17)22-25(23,24)20-15(3)12-18(13-16(20)4)21(5,6)7/h8-14,22H,1-7H3. The first kappa shape index (κ1) is 19.5. The summed E-state index contributed by atoms with van der Waals surface area (Å²) in [5.41, 5.74) is 4.45. The second-order valence-corrected chi connectivity index (χ2v) is 9.69. The number of hydrogen-bond donors (Lipinski definition) is 1. The third kappa shape index (κ3) is 4.43. The Labute approximate surface area is 152 Å². The minimum absolute atomic E-state index is 0.0160. The number of sulfonamides is 1. The van der Waals surface area contributed by atoms with Crippen LogP contribution in [-0.2, 0) is 15.4 Å². The highest BCUT2D eigenvalue weighted by molar-refractivity contribution is 7.92. The van der Waals surface area contributed by atoms with Gasteiger partial charge in [-0.1, -0.05) is 58.9 Å². The van der Waals surface area contributed by atoms with Crippen molar-refractivity contribution in [3.8, 4) is 0 Å². The number of nitrogens with one attached hydrogen (secondary N) is 1. The van der Waals surface area contributed by atoms with E-state index in [0.29, 0.717) is 16.5 Å². The Morgan fingerprint density at radius 1 is 0.920 bits per heavy atom. The third-order valence-electron chi connectivity index (χ3n) is 4.42. The maximum absolute atomic E-state index is 12.9. The van der Waals surface area contributed by atoms with E-state index in [0.717, 1.165) is 16.7 Å². The summed E-state index contributed by atoms with van der Waals surface area (Å²) < 4.78 is 28.5. The van der Waals surface area contributed by atoms with Crippen LogP contribution in [0.3, 0.4) is 0 Å². The van der Waals surface area contributed by atoms with Crippen LogP contribution in [-0.4, -0.2) is 8.42 Å². The summed E-state index contributed by atoms with van der Waals surface area (Å²) in [6.45, 7) is 14.3. The lowest BCUT2D eigenvalue weighted by molar-refractivity contribution is 0.585. The molecule has 3 nitrogen and oxygen atoms in total. The topological polar surface area (TPSA) is 46.2 Å². The summed E-state index contributed by atoms with van der Waals surface area (Å²) in [6, 6.07) is 11.5. The van der Waals surface area contributed by atoms with Gasteiger partial charge in [0, 0.05) is 5.69 Å². The molecule has 0 saturated heterocycles. The van der Waals surface area contributed by atoms with E-state index < -0.39 is 10.0 Å². The van der Waals surface area contributed by atoms with E-state index in [-0.39, 0.29) is 5.41 Å². The molecule has 0 aliphatic rings. The fourth-order valence-corrected chi connectivity index (χ4v) is 4.46. The van der Waals surface area contributed by atoms with E-state index in [1.807, 2.05) is 50.2 Å². The first-order chi connectivity index (χ1) is 11.4. The van der Waals surface area contributed by atoms with Crippen molar-refractivity contribution in [3.05, 3.63) is 58.7 Å². The Morgan fingerprint density at radius 2 is 1.40 bits per heavy atom. The monoisotopic (exact) mass is 359 g/mol. The average Bonchev–Trinajstić information content (AvgIpc) is 2.45. The summed E-state index contributed by atoms with van der Waals surface area (Å²) in [6.07, 6.45) is 0. The molecule has 0 radical (unpaired) electrons. The van der Waals surface area contributed by atoms with Gasteiger partial charge in [-0.2, -0.15) is 0 Å². The Bertz CT molecular complexity index is 835. The minimum Gasteiger partial charge on any atom is -0.280 e. The van der Waals surface area contributed by atoms with Gasteiger partial charge in [0.05, 0.1) is 4.90 Å². The van der Waals surface area contributed by atoms with Gasteiger partial charge in [0.15, 0.2) is 0 Å². The van der Waals surface area contributed by atoms with E-state index in [2.05, 4.69) is 39.3 Å². The van der Waals surface area contributed by atoms with Crippen molar-refractivity contribution in [2.24, 2.45) is 0 Å². The van der Waals surface area contributed by atoms with Gasteiger partial charge in [0.2, 0.25) is 0 Å². The van der Waals surface area contributed by atoms with Crippen LogP contribution in [0.5, 0.6) is 0 Å². The average molecular weight is 360 g/mol. The van der Waals surface area contributed by atoms with Crippen LogP contribution >= 0.6 is 0 Å². The van der Waals surface area contributed by atoms with Gasteiger partial charge in [-0.15, -0.1) is 0 Å². The maximum atomic E-state index is 12.9. The van der Waals surface area contributed by atoms with Crippen LogP contribution in [0.1, 0.15) is 62.8 Å². The molecule has 0 aliphatic heterocycles. The number of hydrogen-bond acceptors (Lipinski definition) is 2. The van der Waals surface area contributed by atoms with Gasteiger partial charge >= 0.3 is 0 Å². The van der Waals surface area contributed by atoms with E-state index in [1.54, 1.807) is 0 Å². The predicted molar refractivity (Wildman–Crippen MR) is 106 cm³/mol. The molecule has 0 unspecified atom stereocenters. The van der Waals surface area contributed by atoms with Crippen LogP contribution in [0.25, 0.3) is 0 Å². The summed E-state index contributed by atoms with van der Waals surface area (Å²) in [4.78, 5) is 0.369. The molecule has 4 heteroatoms. The zero-order valence-electron chi connectivity index (χ0n) is 16.3. The van der Waals surface area contributed by atoms with Gasteiger partial charge in [0.1, 0.15) is 0 Å². The predicted octanol–water partition coefficient (Wildman–Crippen LogP) is 5.53. The summed E-state index contributed by atoms with van der Waals surface area (Å²) in [7, 11) is -3.62. The molecular weight excluding hydrogens is 330 g/mol. The van der Waals surface area contributed by atoms with Crippen LogP contribution in [0.15, 0.2) is 41.3 Å². The summed E-state index contributed by atoms with van der Waals surface area (Å²) in [5.74, 6) is 0.417. The molecule has 0 bridgehead atoms. The molecule has 2 aromatic carbocycles. The first-order valence-corrected chi connectivity index (χ1v) is 10.1. The molecule has 2 aromatic rings. The number of benzene rings is 2. The molecule has 136 valence electrons. The van der Waals surface area contributed by atoms with Gasteiger partial charge in [-0.25, -0.2) is 8.42 Å². The molecule has 0 saturated carbocycles. The Balaban J connectivity index is 2.40. The molecule has 0 fully saturated rings. The van der Waals surface area contributed by atoms with E-state index in [9.17, 15) is 8.42 Å². The fourth-order valence-electron chi connectivity index (χ4n) is 2.95. The lowest BCUT2D eigenvalue weighted by atomic mass is 9.85. The van der Waals surface area contributed by atoms with Gasteiger partial charge in [0.25, 0.3) is 10.0 Å². The van der Waals surface area contributed by atoms with Crippen molar-refractivity contribution in [1.29, 1.82) is 0 Å². The Hall–Kier alpha value is -1.81. The molecule has 25 heavy (non-hydrogen) atoms. The fraction of sp³-hybridized carbons (Fsp3) is 0.429. The molecule has 0 heterocycles. The second kappa shape index (κ2) is 6.83. The quantitative estimate of drug-likeness (QED) is 0.780. The van der Waals surface area contributed by atoms with Crippen molar-refractivity contribution >= 4 is 15.7 Å². The third-order valence-corrected chi connectivity index (χ3v) is 6.11. The highest BCUT2D eigenvalue weighted by Gasteiger charge is 2.23. The minimum atomic E-state index is -3.62. The molecule has 0 spiro atoms. The maximum Gasteiger partial charge on any atom is 0.262 e. The van der Waals surface area contributed by atoms with Crippen molar-refractivity contribution in [1.82, 2.24) is 0 Å². The Morgan fingerprint density at radius 3 is 1.80 bits per heavy atom. The van der Waals surface area contributed by atoms with Crippen LogP contribution < -0.4 is 4.72 Å². The van der Waals surface area contributed by atoms with E-state index >= 15 is 0 Å². The molecule has 0 aromatic heterocycles. The number of aryl methyl sites for hydroxylation is 2. The molecular formula is C21H29NO2S. The smallest absolute Gasteiger partial charge is 0.262 e. The lowest BCUT2D eigenvalue weighted by Gasteiger charge is -2.22. The number of anilines is 1. The van der Waals surface area contributed by atoms with Gasteiger partial charge in [-0.3, -0.25) is 4.72 Å². The Kier molecular flexibility index (Phi) is 5.33. The molecule has 0 aliphatic carbocycles. The van der Waals surface area contributed by atoms with E-state index in [1.165, 1.54) is 5.56 Å². The number of rotatable bonds is 4. The highest BCUT2D eigenvalue weighted by atomic mass is 32.2. The van der Waals surface area contributed by atoms with Crippen LogP contribution in [0.4, 0.5) is 5.69 Å². The first-order valence-electron chi connectivity index (χ1n) is 8.66. The van der Waals surface area contributed by atoms with Gasteiger partial charge < -0.3 is 0 Å². The van der Waals surface area contributed by atoms with Crippen molar-refractivity contribution in [2.75, 3.05) is 4.72 Å².